The van der Waals surface area contributed by atoms with Crippen molar-refractivity contribution in [3.63, 3.8) is 0 Å². The highest BCUT2D eigenvalue weighted by Crippen LogP contribution is 2.47. The molecule has 68 heavy (non-hydrogen) atoms. The second kappa shape index (κ2) is 43.4. The minimum absolute atomic E-state index is 0.248. The molecule has 0 spiro atoms. The van der Waals surface area contributed by atoms with Gasteiger partial charge < -0.3 is 46.0 Å². The first-order chi connectivity index (χ1) is 32.8. The normalized spacial score (nSPS) is 22.2. The molecule has 0 heterocycles. The summed E-state index contributed by atoms with van der Waals surface area (Å²) in [6.45, 7) is 3.77. The quantitative estimate of drug-likeness (QED) is 0.0158. The van der Waals surface area contributed by atoms with Crippen LogP contribution < -0.4 is 5.32 Å². The Kier molecular flexibility index (Phi) is 41.3. The van der Waals surface area contributed by atoms with Crippen LogP contribution in [0.5, 0.6) is 0 Å². The highest BCUT2D eigenvalue weighted by molar-refractivity contribution is 7.47. The summed E-state index contributed by atoms with van der Waals surface area (Å²) < 4.78 is 23.0. The van der Waals surface area contributed by atoms with Gasteiger partial charge in [0.1, 0.15) is 36.6 Å². The van der Waals surface area contributed by atoms with E-state index in [-0.39, 0.29) is 6.42 Å². The van der Waals surface area contributed by atoms with Gasteiger partial charge in [-0.05, 0) is 32.1 Å². The van der Waals surface area contributed by atoms with Gasteiger partial charge in [0.25, 0.3) is 0 Å². The molecule has 14 heteroatoms. The molecule has 0 bridgehead atoms. The Morgan fingerprint density at radius 1 is 0.515 bits per heavy atom. The number of hydrogen-bond acceptors (Lipinski definition) is 11. The number of aliphatic hydroxyl groups excluding tert-OH is 7. The molecule has 1 amide bonds. The number of allylic oxidation sites excluding steroid dienone is 3. The average Bonchev–Trinajstić information content (AvgIpc) is 3.31. The van der Waals surface area contributed by atoms with Crippen molar-refractivity contribution in [2.75, 3.05) is 6.61 Å². The lowest BCUT2D eigenvalue weighted by Gasteiger charge is -2.41. The number of carbonyl (C=O) groups excluding carboxylic acids is 1. The molecule has 1 rings (SSSR count). The van der Waals surface area contributed by atoms with Gasteiger partial charge in [0.15, 0.2) is 0 Å². The van der Waals surface area contributed by atoms with Crippen molar-refractivity contribution in [3.05, 3.63) is 24.3 Å². The molecule has 0 aromatic carbocycles. The molecular weight excluding hydrogens is 886 g/mol. The number of phosphoric acid groups is 1. The minimum atomic E-state index is -5.15. The average molecular weight is 990 g/mol. The van der Waals surface area contributed by atoms with E-state index in [2.05, 4.69) is 31.3 Å². The van der Waals surface area contributed by atoms with E-state index in [1.54, 1.807) is 6.08 Å². The van der Waals surface area contributed by atoms with E-state index in [0.29, 0.717) is 12.8 Å². The number of hydrogen-bond donors (Lipinski definition) is 9. The first-order valence-corrected chi connectivity index (χ1v) is 29.4. The van der Waals surface area contributed by atoms with Gasteiger partial charge in [-0.2, -0.15) is 0 Å². The summed E-state index contributed by atoms with van der Waals surface area (Å²) in [5.74, 6) is -0.598. The molecule has 8 unspecified atom stereocenters. The lowest BCUT2D eigenvalue weighted by molar-refractivity contribution is -0.220. The van der Waals surface area contributed by atoms with Gasteiger partial charge in [0.2, 0.25) is 5.91 Å². The van der Waals surface area contributed by atoms with Gasteiger partial charge in [0.05, 0.1) is 31.3 Å². The molecule has 0 aliphatic heterocycles. The molecule has 0 radical (unpaired) electrons. The van der Waals surface area contributed by atoms with Crippen LogP contribution in [0.2, 0.25) is 0 Å². The van der Waals surface area contributed by atoms with E-state index < -0.39 is 75.2 Å². The summed E-state index contributed by atoms with van der Waals surface area (Å²) in [7, 11) is -5.15. The van der Waals surface area contributed by atoms with Crippen molar-refractivity contribution in [2.45, 2.75) is 306 Å². The van der Waals surface area contributed by atoms with Crippen molar-refractivity contribution in [1.82, 2.24) is 5.32 Å². The Morgan fingerprint density at radius 3 is 1.29 bits per heavy atom. The van der Waals surface area contributed by atoms with E-state index in [1.165, 1.54) is 179 Å². The van der Waals surface area contributed by atoms with E-state index >= 15 is 0 Å². The lowest BCUT2D eigenvalue weighted by atomic mass is 9.85. The zero-order chi connectivity index (χ0) is 50.1. The summed E-state index contributed by atoms with van der Waals surface area (Å²) >= 11 is 0. The second-order valence-corrected chi connectivity index (χ2v) is 21.4. The Balaban J connectivity index is 2.46. The van der Waals surface area contributed by atoms with Crippen LogP contribution in [0.4, 0.5) is 0 Å². The number of rotatable bonds is 47. The van der Waals surface area contributed by atoms with Crippen LogP contribution >= 0.6 is 7.82 Å². The summed E-state index contributed by atoms with van der Waals surface area (Å²) in [5.41, 5.74) is 0. The summed E-state index contributed by atoms with van der Waals surface area (Å²) in [6, 6.07) is -1.25. The molecule has 1 aliphatic rings. The van der Waals surface area contributed by atoms with Gasteiger partial charge in [0, 0.05) is 0 Å². The standard InChI is InChI=1S/C54H104NO12P/c1-3-5-7-9-11-13-15-17-19-21-23-24-26-28-30-32-34-36-38-40-42-47(57)46(44-66-68(64,65)67-54-52(62)50(60)49(59)51(61)53(54)63)55-48(58)43-45(56)41-39-37-35-33-31-29-27-25-22-20-18-16-14-12-10-8-6-4-2/h32,34,40,42,45-47,49-54,56-57,59-63H,3-31,33,35-39,41,43-44H2,1-2H3,(H,55,58)(H,64,65)/b34-32+,42-40+. The molecule has 1 fully saturated rings. The van der Waals surface area contributed by atoms with Crippen LogP contribution in [-0.2, 0) is 18.4 Å². The maximum absolute atomic E-state index is 13.1. The first-order valence-electron chi connectivity index (χ1n) is 27.9. The van der Waals surface area contributed by atoms with Gasteiger partial charge in [-0.3, -0.25) is 13.8 Å². The Bertz CT molecular complexity index is 1260. The predicted octanol–water partition coefficient (Wildman–Crippen LogP) is 11.1. The third-order valence-electron chi connectivity index (χ3n) is 13.5. The van der Waals surface area contributed by atoms with Crippen LogP contribution in [0, 0.1) is 0 Å². The van der Waals surface area contributed by atoms with Crippen LogP contribution in [0.15, 0.2) is 24.3 Å². The van der Waals surface area contributed by atoms with Crippen LogP contribution in [0.25, 0.3) is 0 Å². The van der Waals surface area contributed by atoms with E-state index in [4.69, 9.17) is 9.05 Å². The highest BCUT2D eigenvalue weighted by atomic mass is 31.2. The number of unbranched alkanes of at least 4 members (excludes halogenated alkanes) is 32. The van der Waals surface area contributed by atoms with Crippen molar-refractivity contribution in [3.8, 4) is 0 Å². The number of phosphoric ester groups is 1. The smallest absolute Gasteiger partial charge is 0.393 e. The fourth-order valence-electron chi connectivity index (χ4n) is 9.02. The molecule has 0 aromatic rings. The third-order valence-corrected chi connectivity index (χ3v) is 14.5. The highest BCUT2D eigenvalue weighted by Gasteiger charge is 2.51. The lowest BCUT2D eigenvalue weighted by Crippen LogP contribution is -2.64. The largest absolute Gasteiger partial charge is 0.472 e. The molecule has 402 valence electrons. The minimum Gasteiger partial charge on any atom is -0.393 e. The Labute approximate surface area is 414 Å². The molecule has 0 aromatic heterocycles. The van der Waals surface area contributed by atoms with Gasteiger partial charge in [-0.25, -0.2) is 4.57 Å². The van der Waals surface area contributed by atoms with Crippen LogP contribution in [0.1, 0.15) is 251 Å². The van der Waals surface area contributed by atoms with Crippen LogP contribution in [0.3, 0.4) is 0 Å². The number of nitrogens with one attached hydrogen (secondary N) is 1. The summed E-state index contributed by atoms with van der Waals surface area (Å²) in [4.78, 5) is 23.6. The zero-order valence-electron chi connectivity index (χ0n) is 43.0. The number of amides is 1. The summed E-state index contributed by atoms with van der Waals surface area (Å²) in [6.07, 6.45) is 36.9. The van der Waals surface area contributed by atoms with Gasteiger partial charge in [-0.15, -0.1) is 0 Å². The van der Waals surface area contributed by atoms with Crippen molar-refractivity contribution >= 4 is 13.7 Å². The van der Waals surface area contributed by atoms with E-state index in [0.717, 1.165) is 44.9 Å². The van der Waals surface area contributed by atoms with Crippen molar-refractivity contribution < 1.29 is 59.0 Å². The zero-order valence-corrected chi connectivity index (χ0v) is 43.9. The topological polar surface area (TPSA) is 226 Å². The molecule has 8 atom stereocenters. The van der Waals surface area contributed by atoms with Crippen molar-refractivity contribution in [1.29, 1.82) is 0 Å². The van der Waals surface area contributed by atoms with Crippen molar-refractivity contribution in [2.24, 2.45) is 0 Å². The Morgan fingerprint density at radius 2 is 0.868 bits per heavy atom. The molecule has 1 saturated carbocycles. The SMILES string of the molecule is CCCCCCCCCCCCCCCC/C=C/CC/C=C/C(O)C(COP(=O)(O)OC1C(O)C(O)C(O)C(O)C1O)NC(=O)CC(O)CCCCCCCCCCCCCCCCCCCC. The molecule has 1 aliphatic carbocycles. The predicted molar refractivity (Wildman–Crippen MR) is 275 cm³/mol. The Hall–Kier alpha value is -1.22. The molecule has 0 saturated heterocycles. The number of aliphatic hydroxyl groups is 7. The fraction of sp³-hybridized carbons (Fsp3) is 0.907. The van der Waals surface area contributed by atoms with Gasteiger partial charge in [-0.1, -0.05) is 237 Å². The van der Waals surface area contributed by atoms with Gasteiger partial charge >= 0.3 is 7.82 Å². The maximum Gasteiger partial charge on any atom is 0.472 e. The fourth-order valence-corrected chi connectivity index (χ4v) is 9.99. The summed E-state index contributed by atoms with van der Waals surface area (Å²) in [5, 5.41) is 74.8. The maximum atomic E-state index is 13.1. The second-order valence-electron chi connectivity index (χ2n) is 20.0. The molecule has 9 N–H and O–H groups in total. The van der Waals surface area contributed by atoms with E-state index in [1.807, 2.05) is 0 Å². The first kappa shape index (κ1) is 64.8. The third kappa shape index (κ3) is 34.2. The molecule has 13 nitrogen and oxygen atoms in total. The van der Waals surface area contributed by atoms with E-state index in [9.17, 15) is 50.0 Å². The van der Waals surface area contributed by atoms with Crippen LogP contribution in [-0.4, -0.2) is 108 Å². The number of carbonyl (C=O) groups is 1. The monoisotopic (exact) mass is 990 g/mol. The molecular formula is C54H104NO12P.